The van der Waals surface area contributed by atoms with Gasteiger partial charge in [-0.05, 0) is 30.3 Å². The average molecular weight is 479 g/mol. The largest absolute Gasteiger partial charge is 0.464 e. The van der Waals surface area contributed by atoms with Crippen molar-refractivity contribution in [2.24, 2.45) is 0 Å². The van der Waals surface area contributed by atoms with Crippen LogP contribution in [-0.4, -0.2) is 57.8 Å². The van der Waals surface area contributed by atoms with Crippen molar-refractivity contribution in [2.45, 2.75) is 4.90 Å². The minimum Gasteiger partial charge on any atom is -0.464 e. The van der Waals surface area contributed by atoms with E-state index in [0.717, 1.165) is 24.2 Å². The zero-order valence-electron chi connectivity index (χ0n) is 18.4. The molecule has 34 heavy (non-hydrogen) atoms. The number of nitrogens with zero attached hydrogens (tertiary/aromatic N) is 3. The van der Waals surface area contributed by atoms with Gasteiger partial charge >= 0.3 is 5.97 Å². The van der Waals surface area contributed by atoms with Crippen molar-refractivity contribution in [3.8, 4) is 0 Å². The number of benzene rings is 2. The number of hydrogen-bond acceptors (Lipinski definition) is 8. The van der Waals surface area contributed by atoms with Gasteiger partial charge in [-0.15, -0.1) is 0 Å². The number of nitrogens with one attached hydrogen (secondary N) is 1. The van der Waals surface area contributed by atoms with Crippen molar-refractivity contribution >= 4 is 48.9 Å². The maximum absolute atomic E-state index is 13.5. The van der Waals surface area contributed by atoms with E-state index in [2.05, 4.69) is 19.6 Å². The Kier molecular flexibility index (Phi) is 5.76. The molecule has 4 aromatic rings. The second-order valence-electron chi connectivity index (χ2n) is 7.76. The van der Waals surface area contributed by atoms with Gasteiger partial charge in [0, 0.05) is 58.9 Å². The molecule has 0 unspecified atom stereocenters. The predicted molar refractivity (Wildman–Crippen MR) is 129 cm³/mol. The van der Waals surface area contributed by atoms with E-state index in [1.54, 1.807) is 36.7 Å². The fraction of sp³-hybridized carbons (Fsp3) is 0.208. The van der Waals surface area contributed by atoms with Crippen LogP contribution in [0.5, 0.6) is 0 Å². The van der Waals surface area contributed by atoms with E-state index >= 15 is 0 Å². The Morgan fingerprint density at radius 1 is 1.00 bits per heavy atom. The number of rotatable bonds is 5. The Bertz CT molecular complexity index is 1500. The summed E-state index contributed by atoms with van der Waals surface area (Å²) in [7, 11) is -2.75. The van der Waals surface area contributed by atoms with Crippen LogP contribution in [0.1, 0.15) is 10.5 Å². The highest BCUT2D eigenvalue weighted by Gasteiger charge is 2.23. The standard InChI is InChI=1S/C24H22N4O5S/c1-32-24(29)23-18-3-2-4-22(17(18)8-10-26-23)34(30,31)27-20-5-6-21(28-11-13-33-14-12-28)16-7-9-25-15-19(16)20/h2-10,15,27H,11-14H2,1H3. The topological polar surface area (TPSA) is 111 Å². The first-order valence-electron chi connectivity index (χ1n) is 10.7. The monoisotopic (exact) mass is 478 g/mol. The summed E-state index contributed by atoms with van der Waals surface area (Å²) in [6, 6.07) is 11.8. The third-order valence-electron chi connectivity index (χ3n) is 5.83. The van der Waals surface area contributed by atoms with E-state index in [0.29, 0.717) is 35.1 Å². The molecule has 174 valence electrons. The van der Waals surface area contributed by atoms with Gasteiger partial charge in [0.2, 0.25) is 0 Å². The second kappa shape index (κ2) is 8.88. The van der Waals surface area contributed by atoms with Crippen LogP contribution in [0.2, 0.25) is 0 Å². The Balaban J connectivity index is 1.58. The van der Waals surface area contributed by atoms with Crippen LogP contribution in [0.25, 0.3) is 21.5 Å². The number of hydrogen-bond donors (Lipinski definition) is 1. The van der Waals surface area contributed by atoms with Gasteiger partial charge in [0.1, 0.15) is 0 Å². The number of aromatic nitrogens is 2. The van der Waals surface area contributed by atoms with Gasteiger partial charge in [0.25, 0.3) is 10.0 Å². The quantitative estimate of drug-likeness (QED) is 0.436. The fourth-order valence-electron chi connectivity index (χ4n) is 4.21. The molecule has 0 saturated carbocycles. The number of methoxy groups -OCH3 is 1. The molecule has 3 heterocycles. The number of pyridine rings is 2. The minimum atomic E-state index is -4.01. The zero-order chi connectivity index (χ0) is 23.7. The molecule has 10 heteroatoms. The van der Waals surface area contributed by atoms with E-state index in [1.807, 2.05) is 12.1 Å². The molecule has 0 bridgehead atoms. The minimum absolute atomic E-state index is 0.0341. The summed E-state index contributed by atoms with van der Waals surface area (Å²) in [6.07, 6.45) is 4.74. The van der Waals surface area contributed by atoms with Gasteiger partial charge < -0.3 is 14.4 Å². The van der Waals surface area contributed by atoms with E-state index in [9.17, 15) is 13.2 Å². The molecule has 0 spiro atoms. The highest BCUT2D eigenvalue weighted by atomic mass is 32.2. The molecule has 9 nitrogen and oxygen atoms in total. The predicted octanol–water partition coefficient (Wildman–Crippen LogP) is 3.21. The van der Waals surface area contributed by atoms with Crippen LogP contribution in [0, 0.1) is 0 Å². The van der Waals surface area contributed by atoms with Gasteiger partial charge in [0.05, 0.1) is 30.9 Å². The number of ether oxygens (including phenoxy) is 2. The summed E-state index contributed by atoms with van der Waals surface area (Å²) in [6.45, 7) is 2.80. The summed E-state index contributed by atoms with van der Waals surface area (Å²) in [5, 5.41) is 2.35. The second-order valence-corrected chi connectivity index (χ2v) is 9.41. The van der Waals surface area contributed by atoms with Crippen molar-refractivity contribution in [1.29, 1.82) is 0 Å². The van der Waals surface area contributed by atoms with Gasteiger partial charge in [-0.3, -0.25) is 9.71 Å². The summed E-state index contributed by atoms with van der Waals surface area (Å²) in [5.74, 6) is -0.635. The van der Waals surface area contributed by atoms with Crippen LogP contribution < -0.4 is 9.62 Å². The number of carbonyl (C=O) groups is 1. The molecule has 0 aliphatic carbocycles. The van der Waals surface area contributed by atoms with Crippen LogP contribution in [0.15, 0.2) is 66.0 Å². The highest BCUT2D eigenvalue weighted by Crippen LogP contribution is 2.34. The molecule has 1 saturated heterocycles. The lowest BCUT2D eigenvalue weighted by Gasteiger charge is -2.30. The number of sulfonamides is 1. The van der Waals surface area contributed by atoms with E-state index < -0.39 is 16.0 Å². The maximum atomic E-state index is 13.5. The molecule has 2 aromatic heterocycles. The molecule has 0 atom stereocenters. The summed E-state index contributed by atoms with van der Waals surface area (Å²) in [5.41, 5.74) is 1.48. The van der Waals surface area contributed by atoms with E-state index in [-0.39, 0.29) is 10.6 Å². The Morgan fingerprint density at radius 2 is 1.79 bits per heavy atom. The Morgan fingerprint density at radius 3 is 2.59 bits per heavy atom. The molecular formula is C24H22N4O5S. The molecule has 1 aliphatic heterocycles. The first-order chi connectivity index (χ1) is 16.5. The third-order valence-corrected chi connectivity index (χ3v) is 7.25. The maximum Gasteiger partial charge on any atom is 0.357 e. The van der Waals surface area contributed by atoms with Gasteiger partial charge in [-0.25, -0.2) is 18.2 Å². The number of anilines is 2. The number of morpholine rings is 1. The zero-order valence-corrected chi connectivity index (χ0v) is 19.2. The smallest absolute Gasteiger partial charge is 0.357 e. The molecule has 0 amide bonds. The molecule has 5 rings (SSSR count). The van der Waals surface area contributed by atoms with Crippen molar-refractivity contribution in [2.75, 3.05) is 43.0 Å². The first kappa shape index (κ1) is 22.1. The van der Waals surface area contributed by atoms with Crippen LogP contribution >= 0.6 is 0 Å². The summed E-state index contributed by atoms with van der Waals surface area (Å²) < 4.78 is 40.0. The molecule has 1 fully saturated rings. The molecular weight excluding hydrogens is 456 g/mol. The number of esters is 1. The lowest BCUT2D eigenvalue weighted by molar-refractivity contribution is 0.0596. The Labute approximate surface area is 196 Å². The van der Waals surface area contributed by atoms with Crippen molar-refractivity contribution in [1.82, 2.24) is 9.97 Å². The van der Waals surface area contributed by atoms with Gasteiger partial charge in [-0.2, -0.15) is 0 Å². The molecule has 2 aromatic carbocycles. The fourth-order valence-corrected chi connectivity index (χ4v) is 5.52. The first-order valence-corrected chi connectivity index (χ1v) is 12.2. The molecule has 1 aliphatic rings. The summed E-state index contributed by atoms with van der Waals surface area (Å²) >= 11 is 0. The van der Waals surface area contributed by atoms with Gasteiger partial charge in [-0.1, -0.05) is 12.1 Å². The van der Waals surface area contributed by atoms with Crippen LogP contribution in [0.4, 0.5) is 11.4 Å². The van der Waals surface area contributed by atoms with Crippen molar-refractivity contribution < 1.29 is 22.7 Å². The third kappa shape index (κ3) is 3.91. The van der Waals surface area contributed by atoms with Gasteiger partial charge in [0.15, 0.2) is 5.69 Å². The SMILES string of the molecule is COC(=O)c1nccc2c(S(=O)(=O)Nc3ccc(N4CCOCC4)c4ccncc34)cccc12. The van der Waals surface area contributed by atoms with E-state index in [1.165, 1.54) is 19.4 Å². The van der Waals surface area contributed by atoms with Crippen LogP contribution in [-0.2, 0) is 19.5 Å². The summed E-state index contributed by atoms with van der Waals surface area (Å²) in [4.78, 5) is 22.7. The lowest BCUT2D eigenvalue weighted by Crippen LogP contribution is -2.36. The molecule has 1 N–H and O–H groups in total. The van der Waals surface area contributed by atoms with E-state index in [4.69, 9.17) is 9.47 Å². The average Bonchev–Trinajstić information content (AvgIpc) is 2.88. The normalized spacial score (nSPS) is 14.3. The van der Waals surface area contributed by atoms with Crippen molar-refractivity contribution in [3.05, 3.63) is 66.7 Å². The highest BCUT2D eigenvalue weighted by molar-refractivity contribution is 7.93. The molecule has 0 radical (unpaired) electrons. The lowest BCUT2D eigenvalue weighted by atomic mass is 10.1. The Hall–Kier alpha value is -3.76. The number of fused-ring (bicyclic) bond motifs is 2. The van der Waals surface area contributed by atoms with Crippen molar-refractivity contribution in [3.63, 3.8) is 0 Å². The van der Waals surface area contributed by atoms with Crippen LogP contribution in [0.3, 0.4) is 0 Å². The number of carbonyl (C=O) groups excluding carboxylic acids is 1.